The Morgan fingerprint density at radius 3 is 1.15 bits per heavy atom. The summed E-state index contributed by atoms with van der Waals surface area (Å²) < 4.78 is 38.4. The Morgan fingerprint density at radius 1 is 0.515 bits per heavy atom. The highest BCUT2D eigenvalue weighted by Gasteiger charge is 2.61. The summed E-state index contributed by atoms with van der Waals surface area (Å²) in [6.07, 6.45) is 9.78. The largest absolute Gasteiger partial charge is 0.465 e. The molecular weight excluding hydrogens is 861 g/mol. The number of ether oxygens (including phenoxy) is 6. The third-order valence-corrected chi connectivity index (χ3v) is 15.7. The average molecular weight is 949 g/mol. The van der Waals surface area contributed by atoms with E-state index in [1.807, 2.05) is 12.1 Å². The van der Waals surface area contributed by atoms with Crippen molar-refractivity contribution in [2.45, 2.75) is 219 Å². The van der Waals surface area contributed by atoms with Crippen molar-refractivity contribution in [2.24, 2.45) is 10.8 Å². The van der Waals surface area contributed by atoms with Crippen molar-refractivity contribution in [1.29, 1.82) is 0 Å². The van der Waals surface area contributed by atoms with Gasteiger partial charge in [-0.15, -0.1) is 0 Å². The molecule has 4 aliphatic rings. The predicted octanol–water partition coefficient (Wildman–Crippen LogP) is 12.2. The van der Waals surface area contributed by atoms with Gasteiger partial charge in [0.1, 0.15) is 25.4 Å². The zero-order valence-electron chi connectivity index (χ0n) is 44.0. The molecule has 4 fully saturated rings. The number of hydrogen-bond donors (Lipinski definition) is 0. The first-order valence-electron chi connectivity index (χ1n) is 26.0. The minimum Gasteiger partial charge on any atom is -0.465 e. The maximum Gasteiger partial charge on any atom is 0.305 e. The molecule has 0 radical (unpaired) electrons. The van der Waals surface area contributed by atoms with Gasteiger partial charge >= 0.3 is 11.9 Å². The number of carbonyl (C=O) groups excluding carboxylic acids is 2. The Balaban J connectivity index is 0.868. The van der Waals surface area contributed by atoms with Gasteiger partial charge in [0.15, 0.2) is 11.6 Å². The van der Waals surface area contributed by atoms with E-state index in [1.165, 1.54) is 0 Å². The molecule has 68 heavy (non-hydrogen) atoms. The van der Waals surface area contributed by atoms with Gasteiger partial charge in [0.05, 0.1) is 37.5 Å². The number of nitrogens with zero attached hydrogens (tertiary/aromatic N) is 2. The summed E-state index contributed by atoms with van der Waals surface area (Å²) in [6.45, 7) is 28.4. The van der Waals surface area contributed by atoms with Crippen molar-refractivity contribution in [1.82, 2.24) is 10.1 Å². The second kappa shape index (κ2) is 22.2. The maximum atomic E-state index is 12.9. The fourth-order valence-electron chi connectivity index (χ4n) is 11.5. The Bertz CT molecular complexity index is 1760. The van der Waals surface area contributed by atoms with Crippen LogP contribution < -0.4 is 0 Å². The molecule has 382 valence electrons. The van der Waals surface area contributed by atoms with Gasteiger partial charge in [-0.05, 0) is 91.2 Å². The minimum atomic E-state index is -0.743. The average Bonchev–Trinajstić information content (AvgIpc) is 3.33. The summed E-state index contributed by atoms with van der Waals surface area (Å²) >= 11 is 0. The lowest BCUT2D eigenvalue weighted by molar-refractivity contribution is -0.395. The van der Waals surface area contributed by atoms with E-state index in [0.29, 0.717) is 77.8 Å². The van der Waals surface area contributed by atoms with Gasteiger partial charge in [0.25, 0.3) is 0 Å². The van der Waals surface area contributed by atoms with Crippen molar-refractivity contribution < 1.29 is 47.7 Å². The number of hydroxylamine groups is 4. The number of benzene rings is 2. The summed E-state index contributed by atoms with van der Waals surface area (Å²) in [5.74, 6) is -1.92. The third-order valence-electron chi connectivity index (χ3n) is 15.7. The Morgan fingerprint density at radius 2 is 0.838 bits per heavy atom. The molecule has 12 nitrogen and oxygen atoms in total. The summed E-state index contributed by atoms with van der Waals surface area (Å²) in [5.41, 5.74) is 0.128. The number of unbranched alkanes of at least 4 members (excludes halogenated alkanes) is 3. The molecule has 2 spiro atoms. The summed E-state index contributed by atoms with van der Waals surface area (Å²) in [7, 11) is 0. The number of rotatable bonds is 21. The normalized spacial score (nSPS) is 27.1. The maximum absolute atomic E-state index is 12.9. The van der Waals surface area contributed by atoms with Crippen LogP contribution in [0, 0.1) is 10.8 Å². The SMILES string of the molecule is CCC1(CC)CC2(CC(C)(C)N1OC(C)c1ccccc1)OCC(C)(COC(=O)CCCCCCC(=O)OCC1(C)COC3(CC(C)(C)N(OC(C)c4ccccc4)C(CC)(CC)C3)OC1)CO2. The highest BCUT2D eigenvalue weighted by molar-refractivity contribution is 5.69. The number of esters is 2. The van der Waals surface area contributed by atoms with Gasteiger partial charge in [0, 0.05) is 60.4 Å². The van der Waals surface area contributed by atoms with Crippen molar-refractivity contribution in [3.8, 4) is 0 Å². The molecular formula is C56H88N2O10. The van der Waals surface area contributed by atoms with E-state index in [1.54, 1.807) is 0 Å². The van der Waals surface area contributed by atoms with E-state index in [0.717, 1.165) is 49.7 Å². The Hall–Kier alpha value is -2.94. The molecule has 4 aliphatic heterocycles. The molecule has 0 N–H and O–H groups in total. The monoisotopic (exact) mass is 949 g/mol. The minimum absolute atomic E-state index is 0.0954. The lowest BCUT2D eigenvalue weighted by atomic mass is 9.72. The number of hydrogen-bond acceptors (Lipinski definition) is 12. The van der Waals surface area contributed by atoms with Crippen LogP contribution in [0.2, 0.25) is 0 Å². The molecule has 0 aromatic heterocycles. The molecule has 0 bridgehead atoms. The van der Waals surface area contributed by atoms with Gasteiger partial charge in [0.2, 0.25) is 0 Å². The molecule has 2 atom stereocenters. The van der Waals surface area contributed by atoms with Gasteiger partial charge in [-0.1, -0.05) is 115 Å². The van der Waals surface area contributed by atoms with Crippen LogP contribution in [0.5, 0.6) is 0 Å². The molecule has 2 unspecified atom stereocenters. The van der Waals surface area contributed by atoms with E-state index in [4.69, 9.17) is 38.1 Å². The summed E-state index contributed by atoms with van der Waals surface area (Å²) in [5, 5.41) is 4.48. The van der Waals surface area contributed by atoms with E-state index >= 15 is 0 Å². The van der Waals surface area contributed by atoms with Crippen LogP contribution in [0.4, 0.5) is 0 Å². The lowest BCUT2D eigenvalue weighted by Gasteiger charge is -2.61. The Labute approximate surface area is 409 Å². The van der Waals surface area contributed by atoms with Crippen molar-refractivity contribution >= 4 is 11.9 Å². The van der Waals surface area contributed by atoms with Gasteiger partial charge in [-0.3, -0.25) is 19.3 Å². The first-order valence-corrected chi connectivity index (χ1v) is 26.0. The van der Waals surface area contributed by atoms with Crippen LogP contribution in [0.15, 0.2) is 60.7 Å². The van der Waals surface area contributed by atoms with Gasteiger partial charge in [-0.25, -0.2) is 0 Å². The van der Waals surface area contributed by atoms with Gasteiger partial charge in [-0.2, -0.15) is 10.1 Å². The zero-order chi connectivity index (χ0) is 49.5. The van der Waals surface area contributed by atoms with Crippen LogP contribution >= 0.6 is 0 Å². The van der Waals surface area contributed by atoms with E-state index in [-0.39, 0.29) is 59.5 Å². The highest BCUT2D eigenvalue weighted by Crippen LogP contribution is 2.54. The van der Waals surface area contributed by atoms with Crippen LogP contribution in [0.25, 0.3) is 0 Å². The Kier molecular flexibility index (Phi) is 17.8. The van der Waals surface area contributed by atoms with Crippen LogP contribution in [0.1, 0.15) is 196 Å². The fourth-order valence-corrected chi connectivity index (χ4v) is 11.5. The van der Waals surface area contributed by atoms with Crippen molar-refractivity contribution in [2.75, 3.05) is 39.6 Å². The van der Waals surface area contributed by atoms with E-state index < -0.39 is 22.4 Å². The third kappa shape index (κ3) is 12.7. The molecule has 2 aromatic carbocycles. The van der Waals surface area contributed by atoms with Gasteiger partial charge < -0.3 is 28.4 Å². The predicted molar refractivity (Wildman–Crippen MR) is 264 cm³/mol. The second-order valence-electron chi connectivity index (χ2n) is 22.9. The van der Waals surface area contributed by atoms with Crippen LogP contribution in [0.3, 0.4) is 0 Å². The zero-order valence-corrected chi connectivity index (χ0v) is 44.0. The molecule has 0 aliphatic carbocycles. The summed E-state index contributed by atoms with van der Waals surface area (Å²) in [6, 6.07) is 20.7. The molecule has 4 heterocycles. The standard InChI is InChI=1S/C56H88N2O10/c1-13-53(14-2)35-55(33-49(7,8)57(53)67-43(5)45-27-21-19-22-28-45)63-39-51(11,40-64-55)37-61-47(59)31-25-17-18-26-32-48(60)62-38-52(12)41-65-56(66-42-52)34-50(9,10)58(54(15-3,16-4)36-56)68-44(6)46-29-23-20-24-30-46/h19-24,27-30,43-44H,13-18,25-26,31-42H2,1-12H3. The van der Waals surface area contributed by atoms with Crippen molar-refractivity contribution in [3.05, 3.63) is 71.8 Å². The van der Waals surface area contributed by atoms with Crippen LogP contribution in [-0.2, 0) is 47.7 Å². The highest BCUT2D eigenvalue weighted by atomic mass is 16.7. The fraction of sp³-hybridized carbons (Fsp3) is 0.750. The van der Waals surface area contributed by atoms with Crippen molar-refractivity contribution in [3.63, 3.8) is 0 Å². The number of piperidine rings is 2. The molecule has 0 amide bonds. The number of carbonyl (C=O) groups is 2. The van der Waals surface area contributed by atoms with E-state index in [9.17, 15) is 9.59 Å². The smallest absolute Gasteiger partial charge is 0.305 e. The molecule has 2 aromatic rings. The molecule has 4 saturated heterocycles. The quantitative estimate of drug-likeness (QED) is 0.0876. The topological polar surface area (TPSA) is 114 Å². The second-order valence-corrected chi connectivity index (χ2v) is 22.9. The first kappa shape index (κ1) is 54.4. The molecule has 6 rings (SSSR count). The van der Waals surface area contributed by atoms with E-state index in [2.05, 4.69) is 142 Å². The molecule has 0 saturated carbocycles. The lowest BCUT2D eigenvalue weighted by Crippen LogP contribution is -2.69. The summed E-state index contributed by atoms with van der Waals surface area (Å²) in [4.78, 5) is 39.4. The van der Waals surface area contributed by atoms with Crippen LogP contribution in [-0.4, -0.2) is 95.4 Å². The molecule has 12 heteroatoms. The first-order chi connectivity index (χ1) is 32.1.